The molecule has 0 unspecified atom stereocenters. The normalized spacial score (nSPS) is 10.7. The lowest BCUT2D eigenvalue weighted by Gasteiger charge is -2.14. The molecule has 0 saturated carbocycles. The van der Waals surface area contributed by atoms with Crippen LogP contribution in [0.3, 0.4) is 0 Å². The molecule has 0 aliphatic carbocycles. The van der Waals surface area contributed by atoms with E-state index in [2.05, 4.69) is 6.92 Å². The largest absolute Gasteiger partial charge is 0.493 e. The van der Waals surface area contributed by atoms with Gasteiger partial charge in [0.2, 0.25) is 0 Å². The fourth-order valence-electron chi connectivity index (χ4n) is 2.29. The highest BCUT2D eigenvalue weighted by molar-refractivity contribution is 6.30. The predicted molar refractivity (Wildman–Crippen MR) is 87.4 cm³/mol. The van der Waals surface area contributed by atoms with Crippen molar-refractivity contribution < 1.29 is 14.6 Å². The first-order chi connectivity index (χ1) is 10.2. The summed E-state index contributed by atoms with van der Waals surface area (Å²) in [6.45, 7) is 2.76. The highest BCUT2D eigenvalue weighted by Gasteiger charge is 2.12. The summed E-state index contributed by atoms with van der Waals surface area (Å²) < 4.78 is 11.1. The third-order valence-electron chi connectivity index (χ3n) is 3.48. The summed E-state index contributed by atoms with van der Waals surface area (Å²) in [7, 11) is 1.58. The van der Waals surface area contributed by atoms with E-state index in [4.69, 9.17) is 21.1 Å². The van der Waals surface area contributed by atoms with Gasteiger partial charge in [0.15, 0.2) is 11.5 Å². The predicted octanol–water partition coefficient (Wildman–Crippen LogP) is 4.97. The van der Waals surface area contributed by atoms with E-state index < -0.39 is 0 Å². The molecule has 0 saturated heterocycles. The van der Waals surface area contributed by atoms with E-state index >= 15 is 0 Å². The van der Waals surface area contributed by atoms with Crippen molar-refractivity contribution >= 4 is 11.6 Å². The highest BCUT2D eigenvalue weighted by atomic mass is 35.5. The fraction of sp³-hybridized carbons (Fsp3) is 0.647. The number of halogens is 1. The van der Waals surface area contributed by atoms with Gasteiger partial charge in [-0.3, -0.25) is 0 Å². The molecule has 0 spiro atoms. The number of hydrogen-bond donors (Lipinski definition) is 1. The van der Waals surface area contributed by atoms with Crippen LogP contribution in [-0.2, 0) is 6.61 Å². The van der Waals surface area contributed by atoms with Crippen LogP contribution in [0.1, 0.15) is 57.4 Å². The van der Waals surface area contributed by atoms with E-state index in [9.17, 15) is 5.11 Å². The van der Waals surface area contributed by atoms with Gasteiger partial charge in [-0.05, 0) is 12.5 Å². The Morgan fingerprint density at radius 2 is 1.71 bits per heavy atom. The molecule has 0 radical (unpaired) electrons. The monoisotopic (exact) mass is 314 g/mol. The van der Waals surface area contributed by atoms with Crippen molar-refractivity contribution in [2.45, 2.75) is 58.5 Å². The van der Waals surface area contributed by atoms with E-state index in [1.165, 1.54) is 38.5 Å². The number of hydrogen-bond acceptors (Lipinski definition) is 3. The molecule has 4 heteroatoms. The molecule has 0 bridgehead atoms. The van der Waals surface area contributed by atoms with Crippen LogP contribution >= 0.6 is 11.6 Å². The van der Waals surface area contributed by atoms with Crippen molar-refractivity contribution in [1.29, 1.82) is 0 Å². The van der Waals surface area contributed by atoms with Crippen molar-refractivity contribution in [1.82, 2.24) is 0 Å². The second-order valence-electron chi connectivity index (χ2n) is 5.22. The first-order valence-electron chi connectivity index (χ1n) is 7.83. The average molecular weight is 315 g/mol. The maximum Gasteiger partial charge on any atom is 0.166 e. The Bertz CT molecular complexity index is 382. The standard InChI is InChI=1S/C17H27ClO3/c1-3-4-5-6-7-8-9-10-21-17-14(13-19)11-15(18)12-16(17)20-2/h11-12,19H,3-10,13H2,1-2H3. The van der Waals surface area contributed by atoms with Crippen molar-refractivity contribution in [3.63, 3.8) is 0 Å². The van der Waals surface area contributed by atoms with Crippen molar-refractivity contribution in [2.75, 3.05) is 13.7 Å². The summed E-state index contributed by atoms with van der Waals surface area (Å²) in [6.07, 6.45) is 8.70. The third kappa shape index (κ3) is 6.58. The van der Waals surface area contributed by atoms with Crippen molar-refractivity contribution in [2.24, 2.45) is 0 Å². The minimum absolute atomic E-state index is 0.108. The maximum absolute atomic E-state index is 9.39. The van der Waals surface area contributed by atoms with Crippen LogP contribution < -0.4 is 9.47 Å². The van der Waals surface area contributed by atoms with Crippen molar-refractivity contribution in [3.05, 3.63) is 22.7 Å². The van der Waals surface area contributed by atoms with Crippen LogP contribution in [0.4, 0.5) is 0 Å². The highest BCUT2D eigenvalue weighted by Crippen LogP contribution is 2.34. The van der Waals surface area contributed by atoms with E-state index in [1.54, 1.807) is 19.2 Å². The van der Waals surface area contributed by atoms with Crippen LogP contribution in [-0.4, -0.2) is 18.8 Å². The Labute approximate surface area is 133 Å². The zero-order valence-electron chi connectivity index (χ0n) is 13.2. The molecule has 0 atom stereocenters. The lowest BCUT2D eigenvalue weighted by atomic mass is 10.1. The van der Waals surface area contributed by atoms with Crippen LogP contribution in [0.15, 0.2) is 12.1 Å². The number of aliphatic hydroxyl groups is 1. The summed E-state index contributed by atoms with van der Waals surface area (Å²) in [5.74, 6) is 1.19. The SMILES string of the molecule is CCCCCCCCCOc1c(CO)cc(Cl)cc1OC. The molecular formula is C17H27ClO3. The molecule has 21 heavy (non-hydrogen) atoms. The van der Waals surface area contributed by atoms with Crippen LogP contribution in [0.2, 0.25) is 5.02 Å². The lowest BCUT2D eigenvalue weighted by molar-refractivity contribution is 0.251. The van der Waals surface area contributed by atoms with Gasteiger partial charge in [0.05, 0.1) is 20.3 Å². The number of unbranched alkanes of at least 4 members (excludes halogenated alkanes) is 6. The molecule has 0 aromatic heterocycles. The Morgan fingerprint density at radius 1 is 1.05 bits per heavy atom. The zero-order valence-corrected chi connectivity index (χ0v) is 13.9. The molecule has 0 aliphatic heterocycles. The molecular weight excluding hydrogens is 288 g/mol. The van der Waals surface area contributed by atoms with Gasteiger partial charge in [-0.2, -0.15) is 0 Å². The fourth-order valence-corrected chi connectivity index (χ4v) is 2.52. The molecule has 0 fully saturated rings. The van der Waals surface area contributed by atoms with E-state index in [0.29, 0.717) is 28.7 Å². The van der Waals surface area contributed by atoms with Gasteiger partial charge in [0.25, 0.3) is 0 Å². The molecule has 1 aromatic rings. The second-order valence-corrected chi connectivity index (χ2v) is 5.66. The maximum atomic E-state index is 9.39. The van der Waals surface area contributed by atoms with Crippen LogP contribution in [0.5, 0.6) is 11.5 Å². The minimum atomic E-state index is -0.108. The molecule has 1 aromatic carbocycles. The van der Waals surface area contributed by atoms with E-state index in [-0.39, 0.29) is 6.61 Å². The average Bonchev–Trinajstić information content (AvgIpc) is 2.50. The second kappa shape index (κ2) is 10.7. The first-order valence-corrected chi connectivity index (χ1v) is 8.20. The minimum Gasteiger partial charge on any atom is -0.493 e. The molecule has 0 aliphatic rings. The number of aliphatic hydroxyl groups excluding tert-OH is 1. The third-order valence-corrected chi connectivity index (χ3v) is 3.70. The van der Waals surface area contributed by atoms with Gasteiger partial charge in [0.1, 0.15) is 0 Å². The smallest absolute Gasteiger partial charge is 0.166 e. The Kier molecular flexibility index (Phi) is 9.27. The number of rotatable bonds is 11. The summed E-state index contributed by atoms with van der Waals surface area (Å²) in [4.78, 5) is 0. The van der Waals surface area contributed by atoms with Gasteiger partial charge in [-0.25, -0.2) is 0 Å². The Morgan fingerprint density at radius 3 is 2.33 bits per heavy atom. The summed E-state index contributed by atoms with van der Waals surface area (Å²) in [5.41, 5.74) is 0.669. The van der Waals surface area contributed by atoms with E-state index in [1.807, 2.05) is 0 Å². The molecule has 3 nitrogen and oxygen atoms in total. The van der Waals surface area contributed by atoms with E-state index in [0.717, 1.165) is 6.42 Å². The summed E-state index contributed by atoms with van der Waals surface area (Å²) >= 11 is 5.98. The number of ether oxygens (including phenoxy) is 2. The molecule has 0 heterocycles. The zero-order chi connectivity index (χ0) is 15.5. The first kappa shape index (κ1) is 18.1. The van der Waals surface area contributed by atoms with Gasteiger partial charge in [-0.1, -0.05) is 57.0 Å². The molecule has 1 N–H and O–H groups in total. The lowest BCUT2D eigenvalue weighted by Crippen LogP contribution is -2.03. The van der Waals surface area contributed by atoms with Gasteiger partial charge < -0.3 is 14.6 Å². The van der Waals surface area contributed by atoms with Gasteiger partial charge >= 0.3 is 0 Å². The topological polar surface area (TPSA) is 38.7 Å². The molecule has 0 amide bonds. The van der Waals surface area contributed by atoms with Gasteiger partial charge in [-0.15, -0.1) is 0 Å². The Hall–Kier alpha value is -0.930. The Balaban J connectivity index is 2.37. The number of methoxy groups -OCH3 is 1. The van der Waals surface area contributed by atoms with Crippen molar-refractivity contribution in [3.8, 4) is 11.5 Å². The number of benzene rings is 1. The summed E-state index contributed by atoms with van der Waals surface area (Å²) in [5, 5.41) is 9.93. The summed E-state index contributed by atoms with van der Waals surface area (Å²) in [6, 6.07) is 3.42. The molecule has 1 rings (SSSR count). The van der Waals surface area contributed by atoms with Gasteiger partial charge in [0, 0.05) is 16.7 Å². The van der Waals surface area contributed by atoms with Crippen LogP contribution in [0.25, 0.3) is 0 Å². The van der Waals surface area contributed by atoms with Crippen LogP contribution in [0, 0.1) is 0 Å². The quantitative estimate of drug-likeness (QED) is 0.586. The molecule has 120 valence electrons.